The van der Waals surface area contributed by atoms with Crippen molar-refractivity contribution in [2.75, 3.05) is 19.4 Å². The van der Waals surface area contributed by atoms with Gasteiger partial charge in [0.05, 0.1) is 16.1 Å². The molecule has 0 saturated carbocycles. The van der Waals surface area contributed by atoms with Crippen molar-refractivity contribution in [1.82, 2.24) is 10.2 Å². The molecule has 1 aliphatic carbocycles. The van der Waals surface area contributed by atoms with Crippen molar-refractivity contribution < 1.29 is 14.4 Å². The number of nitrogens with one attached hydrogen (secondary N) is 2. The number of rotatable bonds is 3. The number of halogens is 1. The van der Waals surface area contributed by atoms with Gasteiger partial charge < -0.3 is 10.2 Å². The standard InChI is InChI=1S/C18H18ClN3O3S/c1-22(2)18(25)21-16(24)14-11-7-5-9-13(11)26-17(14)20-15(23)10-6-3-4-8-12(10)19/h3-4,6,8H,5,7,9H2,1-2H3,(H,20,23)(H,21,24,25). The summed E-state index contributed by atoms with van der Waals surface area (Å²) >= 11 is 7.46. The molecular formula is C18H18ClN3O3S. The Hall–Kier alpha value is -2.38. The Labute approximate surface area is 160 Å². The fourth-order valence-electron chi connectivity index (χ4n) is 2.82. The van der Waals surface area contributed by atoms with Gasteiger partial charge in [-0.1, -0.05) is 23.7 Å². The molecule has 2 aromatic rings. The first-order chi connectivity index (χ1) is 12.4. The Balaban J connectivity index is 1.91. The Morgan fingerprint density at radius 3 is 2.54 bits per heavy atom. The number of aryl methyl sites for hydroxylation is 1. The summed E-state index contributed by atoms with van der Waals surface area (Å²) in [5.74, 6) is -0.888. The van der Waals surface area contributed by atoms with Crippen LogP contribution in [0.3, 0.4) is 0 Å². The maximum atomic E-state index is 12.7. The summed E-state index contributed by atoms with van der Waals surface area (Å²) < 4.78 is 0. The molecule has 2 N–H and O–H groups in total. The highest BCUT2D eigenvalue weighted by Crippen LogP contribution is 2.39. The van der Waals surface area contributed by atoms with E-state index in [2.05, 4.69) is 10.6 Å². The van der Waals surface area contributed by atoms with Gasteiger partial charge in [0.15, 0.2) is 0 Å². The average molecular weight is 392 g/mol. The van der Waals surface area contributed by atoms with Gasteiger partial charge in [-0.15, -0.1) is 11.3 Å². The molecule has 6 nitrogen and oxygen atoms in total. The fraction of sp³-hybridized carbons (Fsp3) is 0.278. The number of hydrogen-bond acceptors (Lipinski definition) is 4. The second-order valence-electron chi connectivity index (χ2n) is 6.15. The molecule has 26 heavy (non-hydrogen) atoms. The van der Waals surface area contributed by atoms with Crippen LogP contribution in [0.4, 0.5) is 9.80 Å². The Bertz CT molecular complexity index is 892. The lowest BCUT2D eigenvalue weighted by atomic mass is 10.1. The number of carbonyl (C=O) groups excluding carboxylic acids is 3. The minimum absolute atomic E-state index is 0.332. The summed E-state index contributed by atoms with van der Waals surface area (Å²) in [4.78, 5) is 39.4. The van der Waals surface area contributed by atoms with Crippen LogP contribution in [-0.4, -0.2) is 36.8 Å². The second-order valence-corrected chi connectivity index (χ2v) is 7.66. The maximum Gasteiger partial charge on any atom is 0.323 e. The number of hydrogen-bond donors (Lipinski definition) is 2. The van der Waals surface area contributed by atoms with Crippen molar-refractivity contribution in [1.29, 1.82) is 0 Å². The molecule has 4 amide bonds. The molecule has 0 atom stereocenters. The quantitative estimate of drug-likeness (QED) is 0.839. The molecular weight excluding hydrogens is 374 g/mol. The molecule has 3 rings (SSSR count). The summed E-state index contributed by atoms with van der Waals surface area (Å²) in [5.41, 5.74) is 1.62. The first kappa shape index (κ1) is 18.4. The van der Waals surface area contributed by atoms with Gasteiger partial charge in [0.2, 0.25) is 0 Å². The third-order valence-electron chi connectivity index (χ3n) is 4.12. The molecule has 1 aromatic heterocycles. The van der Waals surface area contributed by atoms with Crippen LogP contribution in [0, 0.1) is 0 Å². The van der Waals surface area contributed by atoms with Crippen LogP contribution in [0.5, 0.6) is 0 Å². The van der Waals surface area contributed by atoms with Crippen LogP contribution < -0.4 is 10.6 Å². The van der Waals surface area contributed by atoms with Gasteiger partial charge >= 0.3 is 6.03 Å². The van der Waals surface area contributed by atoms with E-state index in [1.807, 2.05) is 0 Å². The second kappa shape index (κ2) is 7.47. The molecule has 1 aliphatic rings. The minimum atomic E-state index is -0.503. The van der Waals surface area contributed by atoms with Crippen molar-refractivity contribution in [3.63, 3.8) is 0 Å². The van der Waals surface area contributed by atoms with E-state index in [0.29, 0.717) is 21.2 Å². The average Bonchev–Trinajstić information content (AvgIpc) is 3.15. The summed E-state index contributed by atoms with van der Waals surface area (Å²) in [5, 5.41) is 5.93. The number of imide groups is 1. The van der Waals surface area contributed by atoms with Crippen molar-refractivity contribution >= 4 is 45.8 Å². The third kappa shape index (κ3) is 3.59. The highest BCUT2D eigenvalue weighted by atomic mass is 35.5. The van der Waals surface area contributed by atoms with Crippen molar-refractivity contribution in [2.24, 2.45) is 0 Å². The normalized spacial score (nSPS) is 12.4. The van der Waals surface area contributed by atoms with Gasteiger partial charge in [-0.25, -0.2) is 4.79 Å². The van der Waals surface area contributed by atoms with E-state index in [0.717, 1.165) is 29.7 Å². The first-order valence-electron chi connectivity index (χ1n) is 8.11. The minimum Gasteiger partial charge on any atom is -0.331 e. The Morgan fingerprint density at radius 2 is 1.85 bits per heavy atom. The molecule has 8 heteroatoms. The van der Waals surface area contributed by atoms with E-state index in [1.165, 1.54) is 16.2 Å². The predicted molar refractivity (Wildman–Crippen MR) is 102 cm³/mol. The van der Waals surface area contributed by atoms with Gasteiger partial charge in [0.25, 0.3) is 11.8 Å². The maximum absolute atomic E-state index is 12.7. The zero-order valence-electron chi connectivity index (χ0n) is 14.4. The number of amides is 4. The summed E-state index contributed by atoms with van der Waals surface area (Å²) in [6, 6.07) is 6.21. The molecule has 1 heterocycles. The number of benzene rings is 1. The number of urea groups is 1. The molecule has 0 radical (unpaired) electrons. The molecule has 0 saturated heterocycles. The van der Waals surface area contributed by atoms with E-state index < -0.39 is 11.9 Å². The number of nitrogens with zero attached hydrogens (tertiary/aromatic N) is 1. The van der Waals surface area contributed by atoms with E-state index >= 15 is 0 Å². The lowest BCUT2D eigenvalue weighted by Crippen LogP contribution is -2.39. The highest BCUT2D eigenvalue weighted by Gasteiger charge is 2.29. The Kier molecular flexibility index (Phi) is 5.29. The highest BCUT2D eigenvalue weighted by molar-refractivity contribution is 7.17. The predicted octanol–water partition coefficient (Wildman–Crippen LogP) is 3.55. The fourth-order valence-corrected chi connectivity index (χ4v) is 4.32. The van der Waals surface area contributed by atoms with E-state index in [-0.39, 0.29) is 5.91 Å². The van der Waals surface area contributed by atoms with Crippen LogP contribution >= 0.6 is 22.9 Å². The molecule has 0 bridgehead atoms. The molecule has 0 aliphatic heterocycles. The molecule has 136 valence electrons. The monoisotopic (exact) mass is 391 g/mol. The number of fused-ring (bicyclic) bond motifs is 1. The summed E-state index contributed by atoms with van der Waals surface area (Å²) in [7, 11) is 3.11. The molecule has 1 aromatic carbocycles. The summed E-state index contributed by atoms with van der Waals surface area (Å²) in [6.07, 6.45) is 2.58. The third-order valence-corrected chi connectivity index (χ3v) is 5.66. The van der Waals surface area contributed by atoms with Crippen molar-refractivity contribution in [3.05, 3.63) is 50.9 Å². The van der Waals surface area contributed by atoms with Crippen molar-refractivity contribution in [3.8, 4) is 0 Å². The number of anilines is 1. The van der Waals surface area contributed by atoms with Gasteiger partial charge in [-0.2, -0.15) is 0 Å². The number of carbonyl (C=O) groups is 3. The Morgan fingerprint density at radius 1 is 1.12 bits per heavy atom. The SMILES string of the molecule is CN(C)C(=O)NC(=O)c1c(NC(=O)c2ccccc2Cl)sc2c1CCC2. The van der Waals surface area contributed by atoms with Gasteiger partial charge in [-0.05, 0) is 37.0 Å². The van der Waals surface area contributed by atoms with E-state index in [9.17, 15) is 14.4 Å². The zero-order chi connectivity index (χ0) is 18.8. The first-order valence-corrected chi connectivity index (χ1v) is 9.31. The zero-order valence-corrected chi connectivity index (χ0v) is 16.0. The van der Waals surface area contributed by atoms with E-state index in [4.69, 9.17) is 11.6 Å². The van der Waals surface area contributed by atoms with Gasteiger partial charge in [0.1, 0.15) is 5.00 Å². The van der Waals surface area contributed by atoms with Crippen LogP contribution in [-0.2, 0) is 12.8 Å². The summed E-state index contributed by atoms with van der Waals surface area (Å²) in [6.45, 7) is 0. The lowest BCUT2D eigenvalue weighted by Gasteiger charge is -2.13. The van der Waals surface area contributed by atoms with Crippen LogP contribution in [0.25, 0.3) is 0 Å². The molecule has 0 fully saturated rings. The number of thiophene rings is 1. The molecule has 0 unspecified atom stereocenters. The van der Waals surface area contributed by atoms with Crippen molar-refractivity contribution in [2.45, 2.75) is 19.3 Å². The van der Waals surface area contributed by atoms with Gasteiger partial charge in [0, 0.05) is 19.0 Å². The smallest absolute Gasteiger partial charge is 0.323 e. The topological polar surface area (TPSA) is 78.5 Å². The van der Waals surface area contributed by atoms with Gasteiger partial charge in [-0.3, -0.25) is 14.9 Å². The van der Waals surface area contributed by atoms with Crippen LogP contribution in [0.1, 0.15) is 37.6 Å². The largest absolute Gasteiger partial charge is 0.331 e. The molecule has 0 spiro atoms. The lowest BCUT2D eigenvalue weighted by molar-refractivity contribution is 0.0957. The van der Waals surface area contributed by atoms with E-state index in [1.54, 1.807) is 38.4 Å². The van der Waals surface area contributed by atoms with Crippen LogP contribution in [0.2, 0.25) is 5.02 Å². The van der Waals surface area contributed by atoms with Crippen LogP contribution in [0.15, 0.2) is 24.3 Å².